The highest BCUT2D eigenvalue weighted by atomic mass is 16.5. The number of rotatable bonds is 4. The summed E-state index contributed by atoms with van der Waals surface area (Å²) < 4.78 is 5.16. The largest absolute Gasteiger partial charge is 0.381 e. The van der Waals surface area contributed by atoms with Crippen LogP contribution in [-0.4, -0.2) is 44.2 Å². The van der Waals surface area contributed by atoms with E-state index in [-0.39, 0.29) is 30.9 Å². The molecule has 0 saturated carbocycles. The molecule has 1 heterocycles. The van der Waals surface area contributed by atoms with Crippen LogP contribution in [0.15, 0.2) is 0 Å². The van der Waals surface area contributed by atoms with Gasteiger partial charge in [0, 0.05) is 19.3 Å². The van der Waals surface area contributed by atoms with E-state index in [0.717, 1.165) is 12.8 Å². The van der Waals surface area contributed by atoms with Crippen molar-refractivity contribution >= 4 is 11.8 Å². The van der Waals surface area contributed by atoms with E-state index in [0.29, 0.717) is 13.2 Å². The maximum atomic E-state index is 11.3. The molecule has 1 saturated heterocycles. The van der Waals surface area contributed by atoms with E-state index in [9.17, 15) is 9.59 Å². The Kier molecular flexibility index (Phi) is 5.06. The van der Waals surface area contributed by atoms with Crippen LogP contribution in [-0.2, 0) is 14.3 Å². The first-order valence-electron chi connectivity index (χ1n) is 5.06. The van der Waals surface area contributed by atoms with Crippen LogP contribution in [0.4, 0.5) is 0 Å². The van der Waals surface area contributed by atoms with E-state index in [1.807, 2.05) is 0 Å². The van der Waals surface area contributed by atoms with Crippen LogP contribution < -0.4 is 16.4 Å². The van der Waals surface area contributed by atoms with E-state index < -0.39 is 0 Å². The number of nitrogens with one attached hydrogen (secondary N) is 2. The molecule has 0 spiro atoms. The molecule has 4 N–H and O–H groups in total. The Labute approximate surface area is 88.5 Å². The molecular formula is C9H17N3O3. The molecule has 1 rings (SSSR count). The predicted octanol–water partition coefficient (Wildman–Crippen LogP) is -1.64. The first kappa shape index (κ1) is 11.9. The second kappa shape index (κ2) is 6.36. The van der Waals surface area contributed by atoms with Crippen LogP contribution >= 0.6 is 0 Å². The van der Waals surface area contributed by atoms with E-state index >= 15 is 0 Å². The average Bonchev–Trinajstić information content (AvgIpc) is 2.27. The van der Waals surface area contributed by atoms with Gasteiger partial charge < -0.3 is 21.1 Å². The fourth-order valence-corrected chi connectivity index (χ4v) is 1.37. The summed E-state index contributed by atoms with van der Waals surface area (Å²) in [6.07, 6.45) is 1.66. The third-order valence-corrected chi connectivity index (χ3v) is 2.22. The molecule has 86 valence electrons. The number of hydrogen-bond acceptors (Lipinski definition) is 4. The van der Waals surface area contributed by atoms with Crippen molar-refractivity contribution in [1.29, 1.82) is 0 Å². The summed E-state index contributed by atoms with van der Waals surface area (Å²) in [5.74, 6) is -0.499. The average molecular weight is 215 g/mol. The number of hydrogen-bond donors (Lipinski definition) is 3. The van der Waals surface area contributed by atoms with Crippen molar-refractivity contribution in [1.82, 2.24) is 10.6 Å². The Morgan fingerprint density at radius 2 is 1.93 bits per heavy atom. The van der Waals surface area contributed by atoms with Crippen LogP contribution in [0, 0.1) is 0 Å². The molecule has 0 unspecified atom stereocenters. The lowest BCUT2D eigenvalue weighted by Crippen LogP contribution is -2.45. The molecule has 0 aliphatic carbocycles. The lowest BCUT2D eigenvalue weighted by Gasteiger charge is -2.23. The smallest absolute Gasteiger partial charge is 0.239 e. The standard InChI is InChI=1S/C9H17N3O3/c10-5-8(13)11-6-9(14)12-7-1-3-15-4-2-7/h7H,1-6,10H2,(H,11,13)(H,12,14). The lowest BCUT2D eigenvalue weighted by molar-refractivity contribution is -0.126. The molecule has 6 nitrogen and oxygen atoms in total. The lowest BCUT2D eigenvalue weighted by atomic mass is 10.1. The molecule has 0 radical (unpaired) electrons. The van der Waals surface area contributed by atoms with Crippen LogP contribution in [0.3, 0.4) is 0 Å². The van der Waals surface area contributed by atoms with Gasteiger partial charge in [-0.2, -0.15) is 0 Å². The monoisotopic (exact) mass is 215 g/mol. The van der Waals surface area contributed by atoms with Gasteiger partial charge in [0.25, 0.3) is 0 Å². The summed E-state index contributed by atoms with van der Waals surface area (Å²) in [5, 5.41) is 5.24. The fraction of sp³-hybridized carbons (Fsp3) is 0.778. The van der Waals surface area contributed by atoms with E-state index in [1.165, 1.54) is 0 Å². The summed E-state index contributed by atoms with van der Waals surface area (Å²) >= 11 is 0. The second-order valence-corrected chi connectivity index (χ2v) is 3.44. The summed E-state index contributed by atoms with van der Waals surface area (Å²) in [6.45, 7) is 1.26. The number of amides is 2. The summed E-state index contributed by atoms with van der Waals surface area (Å²) in [5.41, 5.74) is 5.08. The van der Waals surface area contributed by atoms with Gasteiger partial charge in [0.05, 0.1) is 13.1 Å². The van der Waals surface area contributed by atoms with Crippen molar-refractivity contribution in [3.63, 3.8) is 0 Å². The summed E-state index contributed by atoms with van der Waals surface area (Å²) in [4.78, 5) is 22.1. The van der Waals surface area contributed by atoms with Crippen LogP contribution in [0.25, 0.3) is 0 Å². The number of ether oxygens (including phenoxy) is 1. The first-order chi connectivity index (χ1) is 7.22. The Morgan fingerprint density at radius 3 is 2.53 bits per heavy atom. The van der Waals surface area contributed by atoms with Gasteiger partial charge >= 0.3 is 0 Å². The molecule has 2 amide bonds. The number of carbonyl (C=O) groups excluding carboxylic acids is 2. The molecule has 0 aromatic heterocycles. The highest BCUT2D eigenvalue weighted by Crippen LogP contribution is 2.05. The second-order valence-electron chi connectivity index (χ2n) is 3.44. The summed E-state index contributed by atoms with van der Waals surface area (Å²) in [7, 11) is 0. The molecule has 0 aromatic carbocycles. The highest BCUT2D eigenvalue weighted by Gasteiger charge is 2.15. The normalized spacial score (nSPS) is 17.1. The molecular weight excluding hydrogens is 198 g/mol. The maximum absolute atomic E-state index is 11.3. The molecule has 0 bridgehead atoms. The minimum Gasteiger partial charge on any atom is -0.381 e. The van der Waals surface area contributed by atoms with E-state index in [1.54, 1.807) is 0 Å². The Balaban J connectivity index is 2.14. The van der Waals surface area contributed by atoms with Gasteiger partial charge in [-0.15, -0.1) is 0 Å². The molecule has 15 heavy (non-hydrogen) atoms. The quantitative estimate of drug-likeness (QED) is 0.524. The molecule has 0 aromatic rings. The molecule has 6 heteroatoms. The molecule has 0 atom stereocenters. The number of carbonyl (C=O) groups is 2. The Hall–Kier alpha value is -1.14. The molecule has 1 aliphatic rings. The van der Waals surface area contributed by atoms with E-state index in [2.05, 4.69) is 10.6 Å². The maximum Gasteiger partial charge on any atom is 0.239 e. The van der Waals surface area contributed by atoms with Crippen LogP contribution in [0.5, 0.6) is 0 Å². The minimum absolute atomic E-state index is 0.00656. The zero-order chi connectivity index (χ0) is 11.1. The Bertz CT molecular complexity index is 227. The van der Waals surface area contributed by atoms with Gasteiger partial charge in [0.15, 0.2) is 0 Å². The number of nitrogens with two attached hydrogens (primary N) is 1. The summed E-state index contributed by atoms with van der Waals surface area (Å²) in [6, 6.07) is 0.168. The third kappa shape index (κ3) is 4.75. The zero-order valence-electron chi connectivity index (χ0n) is 8.62. The van der Waals surface area contributed by atoms with Gasteiger partial charge in [-0.25, -0.2) is 0 Å². The van der Waals surface area contributed by atoms with Crippen LogP contribution in [0.1, 0.15) is 12.8 Å². The van der Waals surface area contributed by atoms with E-state index in [4.69, 9.17) is 10.5 Å². The van der Waals surface area contributed by atoms with Crippen molar-refractivity contribution in [3.05, 3.63) is 0 Å². The third-order valence-electron chi connectivity index (χ3n) is 2.22. The van der Waals surface area contributed by atoms with Crippen molar-refractivity contribution in [2.45, 2.75) is 18.9 Å². The van der Waals surface area contributed by atoms with Gasteiger partial charge in [0.2, 0.25) is 11.8 Å². The zero-order valence-corrected chi connectivity index (χ0v) is 8.62. The van der Waals surface area contributed by atoms with Crippen LogP contribution in [0.2, 0.25) is 0 Å². The van der Waals surface area contributed by atoms with Crippen molar-refractivity contribution in [2.24, 2.45) is 5.73 Å². The molecule has 1 aliphatic heterocycles. The van der Waals surface area contributed by atoms with Crippen molar-refractivity contribution < 1.29 is 14.3 Å². The van der Waals surface area contributed by atoms with Gasteiger partial charge in [-0.3, -0.25) is 9.59 Å². The Morgan fingerprint density at radius 1 is 1.27 bits per heavy atom. The fourth-order valence-electron chi connectivity index (χ4n) is 1.37. The van der Waals surface area contributed by atoms with Gasteiger partial charge in [-0.1, -0.05) is 0 Å². The van der Waals surface area contributed by atoms with Crippen molar-refractivity contribution in [2.75, 3.05) is 26.3 Å². The SMILES string of the molecule is NCC(=O)NCC(=O)NC1CCOCC1. The minimum atomic E-state index is -0.322. The highest BCUT2D eigenvalue weighted by molar-refractivity contribution is 5.85. The van der Waals surface area contributed by atoms with Gasteiger partial charge in [-0.05, 0) is 12.8 Å². The molecule has 1 fully saturated rings. The van der Waals surface area contributed by atoms with Gasteiger partial charge in [0.1, 0.15) is 0 Å². The van der Waals surface area contributed by atoms with Crippen molar-refractivity contribution in [3.8, 4) is 0 Å². The topological polar surface area (TPSA) is 93.5 Å². The first-order valence-corrected chi connectivity index (χ1v) is 5.06. The predicted molar refractivity (Wildman–Crippen MR) is 54.0 cm³/mol.